The molecule has 1 unspecified atom stereocenters. The van der Waals surface area contributed by atoms with Crippen LogP contribution in [0.1, 0.15) is 23.4 Å². The Hall–Kier alpha value is -0.0600. The molecule has 5 heteroatoms. The summed E-state index contributed by atoms with van der Waals surface area (Å²) in [5.74, 6) is 0. The molecule has 96 valence electrons. The van der Waals surface area contributed by atoms with Crippen molar-refractivity contribution in [1.82, 2.24) is 5.32 Å². The third kappa shape index (κ3) is 3.09. The molecule has 1 N–H and O–H groups in total. The molecule has 1 nitrogen and oxygen atoms in total. The van der Waals surface area contributed by atoms with Gasteiger partial charge in [0.1, 0.15) is 0 Å². The van der Waals surface area contributed by atoms with Crippen molar-refractivity contribution in [2.75, 3.05) is 6.54 Å². The molecule has 0 radical (unpaired) electrons. The zero-order valence-corrected chi connectivity index (χ0v) is 13.6. The van der Waals surface area contributed by atoms with Crippen LogP contribution in [0.25, 0.3) is 0 Å². The molecule has 0 aliphatic carbocycles. The van der Waals surface area contributed by atoms with Crippen LogP contribution in [0.15, 0.2) is 34.1 Å². The lowest BCUT2D eigenvalue weighted by molar-refractivity contribution is 0.640. The standard InChI is InChI=1S/C13H12BrCl2NS/c1-2-17-12(8-5-3-4-6-9(8)15)11-7-10(16)13(14)18-11/h3-7,12,17H,2H2,1H3. The largest absolute Gasteiger partial charge is 0.306 e. The van der Waals surface area contributed by atoms with Gasteiger partial charge < -0.3 is 5.32 Å². The second-order valence-corrected chi connectivity index (χ2v) is 7.00. The first-order chi connectivity index (χ1) is 8.63. The third-order valence-corrected chi connectivity index (χ3v) is 5.46. The quantitative estimate of drug-likeness (QED) is 0.753. The molecule has 18 heavy (non-hydrogen) atoms. The van der Waals surface area contributed by atoms with Crippen LogP contribution in [-0.4, -0.2) is 6.54 Å². The first kappa shape index (κ1) is 14.4. The van der Waals surface area contributed by atoms with Gasteiger partial charge in [-0.05, 0) is 40.2 Å². The molecular weight excluding hydrogens is 353 g/mol. The van der Waals surface area contributed by atoms with Gasteiger partial charge in [0, 0.05) is 9.90 Å². The Morgan fingerprint density at radius 3 is 2.56 bits per heavy atom. The number of halogens is 3. The average Bonchev–Trinajstić information content (AvgIpc) is 2.68. The van der Waals surface area contributed by atoms with E-state index in [1.54, 1.807) is 11.3 Å². The molecule has 0 saturated carbocycles. The topological polar surface area (TPSA) is 12.0 Å². The highest BCUT2D eigenvalue weighted by atomic mass is 79.9. The molecule has 0 spiro atoms. The van der Waals surface area contributed by atoms with Crippen molar-refractivity contribution >= 4 is 50.5 Å². The molecule has 1 heterocycles. The number of benzene rings is 1. The van der Waals surface area contributed by atoms with Gasteiger partial charge in [0.2, 0.25) is 0 Å². The van der Waals surface area contributed by atoms with Crippen molar-refractivity contribution in [3.8, 4) is 0 Å². The Balaban J connectivity index is 2.43. The van der Waals surface area contributed by atoms with E-state index >= 15 is 0 Å². The van der Waals surface area contributed by atoms with Gasteiger partial charge in [-0.1, -0.05) is 48.3 Å². The minimum absolute atomic E-state index is 0.0810. The Morgan fingerprint density at radius 1 is 1.28 bits per heavy atom. The van der Waals surface area contributed by atoms with Gasteiger partial charge in [-0.25, -0.2) is 0 Å². The average molecular weight is 365 g/mol. The van der Waals surface area contributed by atoms with E-state index in [1.165, 1.54) is 0 Å². The molecule has 1 aromatic carbocycles. The van der Waals surface area contributed by atoms with Crippen LogP contribution in [0.4, 0.5) is 0 Å². The second kappa shape index (κ2) is 6.40. The molecule has 0 saturated heterocycles. The lowest BCUT2D eigenvalue weighted by atomic mass is 10.1. The Kier molecular flexibility index (Phi) is 5.10. The summed E-state index contributed by atoms with van der Waals surface area (Å²) < 4.78 is 0.953. The number of hydrogen-bond donors (Lipinski definition) is 1. The van der Waals surface area contributed by atoms with Gasteiger partial charge in [-0.2, -0.15) is 0 Å². The summed E-state index contributed by atoms with van der Waals surface area (Å²) >= 11 is 17.5. The van der Waals surface area contributed by atoms with E-state index in [0.717, 1.165) is 30.8 Å². The van der Waals surface area contributed by atoms with E-state index in [4.69, 9.17) is 23.2 Å². The van der Waals surface area contributed by atoms with Crippen LogP contribution >= 0.6 is 50.5 Å². The number of hydrogen-bond acceptors (Lipinski definition) is 2. The zero-order chi connectivity index (χ0) is 13.1. The van der Waals surface area contributed by atoms with E-state index < -0.39 is 0 Å². The van der Waals surface area contributed by atoms with Gasteiger partial charge >= 0.3 is 0 Å². The van der Waals surface area contributed by atoms with E-state index in [9.17, 15) is 0 Å². The van der Waals surface area contributed by atoms with Crippen LogP contribution in [0, 0.1) is 0 Å². The van der Waals surface area contributed by atoms with Crippen molar-refractivity contribution in [2.24, 2.45) is 0 Å². The third-order valence-electron chi connectivity index (χ3n) is 2.57. The summed E-state index contributed by atoms with van der Waals surface area (Å²) in [6, 6.07) is 9.94. The van der Waals surface area contributed by atoms with E-state index in [-0.39, 0.29) is 6.04 Å². The summed E-state index contributed by atoms with van der Waals surface area (Å²) in [4.78, 5) is 1.15. The summed E-state index contributed by atoms with van der Waals surface area (Å²) in [7, 11) is 0. The number of rotatable bonds is 4. The van der Waals surface area contributed by atoms with Crippen LogP contribution in [0.5, 0.6) is 0 Å². The zero-order valence-electron chi connectivity index (χ0n) is 9.71. The van der Waals surface area contributed by atoms with Gasteiger partial charge in [0.25, 0.3) is 0 Å². The normalized spacial score (nSPS) is 12.7. The smallest absolute Gasteiger partial charge is 0.0888 e. The Labute approximate surface area is 129 Å². The van der Waals surface area contributed by atoms with Gasteiger partial charge in [0.15, 0.2) is 0 Å². The molecule has 2 aromatic rings. The van der Waals surface area contributed by atoms with Crippen molar-refractivity contribution in [3.05, 3.63) is 54.6 Å². The highest BCUT2D eigenvalue weighted by Gasteiger charge is 2.19. The molecule has 0 amide bonds. The maximum Gasteiger partial charge on any atom is 0.0888 e. The fourth-order valence-electron chi connectivity index (χ4n) is 1.78. The summed E-state index contributed by atoms with van der Waals surface area (Å²) in [6.45, 7) is 2.94. The SMILES string of the molecule is CCNC(c1cc(Cl)c(Br)s1)c1ccccc1Cl. The summed E-state index contributed by atoms with van der Waals surface area (Å²) in [6.07, 6.45) is 0. The van der Waals surface area contributed by atoms with Gasteiger partial charge in [-0.3, -0.25) is 0 Å². The first-order valence-electron chi connectivity index (χ1n) is 5.56. The van der Waals surface area contributed by atoms with Gasteiger partial charge in [-0.15, -0.1) is 11.3 Å². The molecular formula is C13H12BrCl2NS. The number of thiophene rings is 1. The molecule has 1 aromatic heterocycles. The van der Waals surface area contributed by atoms with Crippen LogP contribution in [0.3, 0.4) is 0 Å². The monoisotopic (exact) mass is 363 g/mol. The highest BCUT2D eigenvalue weighted by Crippen LogP contribution is 2.38. The van der Waals surface area contributed by atoms with Crippen LogP contribution in [-0.2, 0) is 0 Å². The fourth-order valence-corrected chi connectivity index (χ4v) is 3.87. The fraction of sp³-hybridized carbons (Fsp3) is 0.231. The van der Waals surface area contributed by atoms with E-state index in [2.05, 4.69) is 28.2 Å². The van der Waals surface area contributed by atoms with Crippen molar-refractivity contribution < 1.29 is 0 Å². The molecule has 0 fully saturated rings. The van der Waals surface area contributed by atoms with Crippen LogP contribution in [0.2, 0.25) is 10.0 Å². The molecule has 1 atom stereocenters. The predicted octanol–water partition coefficient (Wildman–Crippen LogP) is 5.52. The van der Waals surface area contributed by atoms with Crippen molar-refractivity contribution in [3.63, 3.8) is 0 Å². The van der Waals surface area contributed by atoms with Gasteiger partial charge in [0.05, 0.1) is 14.9 Å². The Bertz CT molecular complexity index is 522. The number of nitrogens with one attached hydrogen (secondary N) is 1. The lowest BCUT2D eigenvalue weighted by Crippen LogP contribution is -2.21. The van der Waals surface area contributed by atoms with Crippen molar-refractivity contribution in [1.29, 1.82) is 0 Å². The first-order valence-corrected chi connectivity index (χ1v) is 7.92. The maximum absolute atomic E-state index is 6.27. The molecule has 0 aliphatic rings. The minimum atomic E-state index is 0.0810. The highest BCUT2D eigenvalue weighted by molar-refractivity contribution is 9.11. The lowest BCUT2D eigenvalue weighted by Gasteiger charge is -2.18. The van der Waals surface area contributed by atoms with Crippen LogP contribution < -0.4 is 5.32 Å². The van der Waals surface area contributed by atoms with E-state index in [1.807, 2.05) is 30.3 Å². The molecule has 0 bridgehead atoms. The van der Waals surface area contributed by atoms with Crippen molar-refractivity contribution in [2.45, 2.75) is 13.0 Å². The summed E-state index contributed by atoms with van der Waals surface area (Å²) in [5, 5.41) is 4.95. The molecule has 2 rings (SSSR count). The van der Waals surface area contributed by atoms with E-state index in [0.29, 0.717) is 0 Å². The maximum atomic E-state index is 6.27. The summed E-state index contributed by atoms with van der Waals surface area (Å²) in [5.41, 5.74) is 1.08. The Morgan fingerprint density at radius 2 is 2.00 bits per heavy atom. The second-order valence-electron chi connectivity index (χ2n) is 3.78. The minimum Gasteiger partial charge on any atom is -0.306 e. The molecule has 0 aliphatic heterocycles. The predicted molar refractivity (Wildman–Crippen MR) is 84.0 cm³/mol.